The zero-order valence-electron chi connectivity index (χ0n) is 16.2. The van der Waals surface area contributed by atoms with Crippen molar-refractivity contribution in [1.29, 1.82) is 0 Å². The number of imidazole rings is 1. The summed E-state index contributed by atoms with van der Waals surface area (Å²) in [7, 11) is 3.44. The van der Waals surface area contributed by atoms with E-state index in [1.807, 2.05) is 39.5 Å². The van der Waals surface area contributed by atoms with Crippen molar-refractivity contribution in [2.75, 3.05) is 14.1 Å². The average Bonchev–Trinajstić information content (AvgIpc) is 3.36. The maximum absolute atomic E-state index is 12.6. The highest BCUT2D eigenvalue weighted by atomic mass is 35.5. The van der Waals surface area contributed by atoms with Crippen LogP contribution in [0, 0.1) is 0 Å². The predicted molar refractivity (Wildman–Crippen MR) is 112 cm³/mol. The Morgan fingerprint density at radius 1 is 1.14 bits per heavy atom. The summed E-state index contributed by atoms with van der Waals surface area (Å²) in [5.41, 5.74) is 4.05. The Morgan fingerprint density at radius 3 is 2.62 bits per heavy atom. The molecule has 0 saturated carbocycles. The zero-order chi connectivity index (χ0) is 20.4. The second-order valence-electron chi connectivity index (χ2n) is 6.90. The van der Waals surface area contributed by atoms with Crippen molar-refractivity contribution in [1.82, 2.24) is 29.4 Å². The molecule has 0 spiro atoms. The number of halogens is 1. The molecule has 7 nitrogen and oxygen atoms in total. The topological polar surface area (TPSA) is 67.5 Å². The van der Waals surface area contributed by atoms with Crippen LogP contribution in [0.15, 0.2) is 61.1 Å². The van der Waals surface area contributed by atoms with Gasteiger partial charge in [-0.2, -0.15) is 5.10 Å². The van der Waals surface area contributed by atoms with Crippen LogP contribution >= 0.6 is 11.6 Å². The van der Waals surface area contributed by atoms with Crippen molar-refractivity contribution < 1.29 is 4.79 Å². The fourth-order valence-electron chi connectivity index (χ4n) is 3.13. The number of nitrogens with zero attached hydrogens (tertiary/aromatic N) is 5. The lowest BCUT2D eigenvalue weighted by Gasteiger charge is -2.11. The van der Waals surface area contributed by atoms with E-state index >= 15 is 0 Å². The van der Waals surface area contributed by atoms with Gasteiger partial charge in [0, 0.05) is 45.8 Å². The van der Waals surface area contributed by atoms with Crippen LogP contribution in [-0.2, 0) is 13.1 Å². The lowest BCUT2D eigenvalue weighted by Crippen LogP contribution is -2.25. The highest BCUT2D eigenvalue weighted by molar-refractivity contribution is 6.30. The summed E-state index contributed by atoms with van der Waals surface area (Å²) < 4.78 is 3.69. The summed E-state index contributed by atoms with van der Waals surface area (Å²) in [5.74, 6) is -0.134. The summed E-state index contributed by atoms with van der Waals surface area (Å²) in [6.07, 6.45) is 5.45. The van der Waals surface area contributed by atoms with E-state index in [1.165, 1.54) is 4.90 Å². The van der Waals surface area contributed by atoms with Gasteiger partial charge in [-0.3, -0.25) is 4.79 Å². The SMILES string of the molecule is CN(C)C(=O)c1nc2ccc(Cl)cn2c1CNCc1ccc(-n2cccn2)cc1. The van der Waals surface area contributed by atoms with E-state index in [0.717, 1.165) is 16.9 Å². The first-order chi connectivity index (χ1) is 14.0. The second-order valence-corrected chi connectivity index (χ2v) is 7.34. The first kappa shape index (κ1) is 19.2. The Labute approximate surface area is 173 Å². The molecule has 0 fully saturated rings. The molecule has 0 aliphatic carbocycles. The molecular formula is C21H21ClN6O. The molecule has 1 aromatic carbocycles. The Bertz CT molecular complexity index is 1130. The van der Waals surface area contributed by atoms with Crippen molar-refractivity contribution >= 4 is 23.2 Å². The molecule has 0 aliphatic heterocycles. The highest BCUT2D eigenvalue weighted by Gasteiger charge is 2.20. The number of carbonyl (C=O) groups is 1. The number of carbonyl (C=O) groups excluding carboxylic acids is 1. The van der Waals surface area contributed by atoms with Crippen molar-refractivity contribution in [2.24, 2.45) is 0 Å². The first-order valence-corrected chi connectivity index (χ1v) is 9.58. The summed E-state index contributed by atoms with van der Waals surface area (Å²) in [6, 6.07) is 13.6. The van der Waals surface area contributed by atoms with Gasteiger partial charge in [-0.15, -0.1) is 0 Å². The van der Waals surface area contributed by atoms with Crippen molar-refractivity contribution in [3.8, 4) is 5.69 Å². The molecule has 0 saturated heterocycles. The number of benzene rings is 1. The van der Waals surface area contributed by atoms with Gasteiger partial charge >= 0.3 is 0 Å². The van der Waals surface area contributed by atoms with Gasteiger partial charge in [0.1, 0.15) is 5.65 Å². The molecule has 0 atom stereocenters. The molecule has 3 aromatic heterocycles. The number of nitrogens with one attached hydrogen (secondary N) is 1. The zero-order valence-corrected chi connectivity index (χ0v) is 17.0. The van der Waals surface area contributed by atoms with Crippen LogP contribution in [0.3, 0.4) is 0 Å². The van der Waals surface area contributed by atoms with E-state index in [0.29, 0.717) is 29.5 Å². The highest BCUT2D eigenvalue weighted by Crippen LogP contribution is 2.18. The Hall–Kier alpha value is -3.16. The first-order valence-electron chi connectivity index (χ1n) is 9.21. The summed E-state index contributed by atoms with van der Waals surface area (Å²) in [6.45, 7) is 1.14. The van der Waals surface area contributed by atoms with Crippen molar-refractivity contribution in [3.05, 3.63) is 83.0 Å². The molecule has 0 radical (unpaired) electrons. The number of pyridine rings is 1. The maximum Gasteiger partial charge on any atom is 0.273 e. The van der Waals surface area contributed by atoms with Gasteiger partial charge in [-0.1, -0.05) is 23.7 Å². The minimum Gasteiger partial charge on any atom is -0.343 e. The van der Waals surface area contributed by atoms with E-state index in [1.54, 1.807) is 32.6 Å². The summed E-state index contributed by atoms with van der Waals surface area (Å²) in [4.78, 5) is 18.6. The van der Waals surface area contributed by atoms with Gasteiger partial charge < -0.3 is 14.6 Å². The minimum atomic E-state index is -0.134. The molecular weight excluding hydrogens is 388 g/mol. The van der Waals surface area contributed by atoms with Crippen LogP contribution in [0.5, 0.6) is 0 Å². The van der Waals surface area contributed by atoms with Crippen LogP contribution in [0.1, 0.15) is 21.7 Å². The van der Waals surface area contributed by atoms with Gasteiger partial charge in [0.05, 0.1) is 16.4 Å². The third-order valence-electron chi connectivity index (χ3n) is 4.62. The maximum atomic E-state index is 12.6. The molecule has 29 heavy (non-hydrogen) atoms. The Kier molecular flexibility index (Phi) is 5.33. The molecule has 0 unspecified atom stereocenters. The van der Waals surface area contributed by atoms with Crippen molar-refractivity contribution in [3.63, 3.8) is 0 Å². The van der Waals surface area contributed by atoms with E-state index in [4.69, 9.17) is 11.6 Å². The summed E-state index contributed by atoms with van der Waals surface area (Å²) in [5, 5.41) is 8.23. The van der Waals surface area contributed by atoms with Crippen LogP contribution in [0.25, 0.3) is 11.3 Å². The monoisotopic (exact) mass is 408 g/mol. The number of aromatic nitrogens is 4. The molecule has 148 valence electrons. The van der Waals surface area contributed by atoms with Gasteiger partial charge in [0.2, 0.25) is 0 Å². The fraction of sp³-hybridized carbons (Fsp3) is 0.190. The molecule has 8 heteroatoms. The predicted octanol–water partition coefficient (Wildman–Crippen LogP) is 3.17. The van der Waals surface area contributed by atoms with Gasteiger partial charge in [-0.25, -0.2) is 9.67 Å². The van der Waals surface area contributed by atoms with Crippen LogP contribution in [0.2, 0.25) is 5.02 Å². The molecule has 1 N–H and O–H groups in total. The number of rotatable bonds is 6. The van der Waals surface area contributed by atoms with Crippen LogP contribution in [-0.4, -0.2) is 44.1 Å². The molecule has 1 amide bonds. The molecule has 4 aromatic rings. The number of hydrogen-bond donors (Lipinski definition) is 1. The molecule has 0 aliphatic rings. The van der Waals surface area contributed by atoms with Crippen LogP contribution < -0.4 is 5.32 Å². The lowest BCUT2D eigenvalue weighted by atomic mass is 10.2. The quantitative estimate of drug-likeness (QED) is 0.532. The molecule has 4 rings (SSSR count). The third kappa shape index (κ3) is 4.01. The fourth-order valence-corrected chi connectivity index (χ4v) is 3.29. The largest absolute Gasteiger partial charge is 0.343 e. The van der Waals surface area contributed by atoms with Gasteiger partial charge in [0.15, 0.2) is 5.69 Å². The third-order valence-corrected chi connectivity index (χ3v) is 4.84. The lowest BCUT2D eigenvalue weighted by molar-refractivity contribution is 0.0821. The standard InChI is InChI=1S/C21H21ClN6O/c1-26(2)21(29)20-18(27-14-16(22)6-9-19(27)25-20)13-23-12-15-4-7-17(8-5-15)28-11-3-10-24-28/h3-11,14,23H,12-13H2,1-2H3. The molecule has 0 bridgehead atoms. The normalized spacial score (nSPS) is 11.1. The smallest absolute Gasteiger partial charge is 0.273 e. The van der Waals surface area contributed by atoms with E-state index < -0.39 is 0 Å². The average molecular weight is 409 g/mol. The Balaban J connectivity index is 1.52. The number of fused-ring (bicyclic) bond motifs is 1. The van der Waals surface area contributed by atoms with E-state index in [-0.39, 0.29) is 5.91 Å². The van der Waals surface area contributed by atoms with Crippen molar-refractivity contribution in [2.45, 2.75) is 13.1 Å². The molecule has 3 heterocycles. The summed E-state index contributed by atoms with van der Waals surface area (Å²) >= 11 is 6.16. The van der Waals surface area contributed by atoms with Crippen LogP contribution in [0.4, 0.5) is 0 Å². The van der Waals surface area contributed by atoms with E-state index in [2.05, 4.69) is 27.5 Å². The van der Waals surface area contributed by atoms with Gasteiger partial charge in [-0.05, 0) is 35.9 Å². The second kappa shape index (κ2) is 8.06. The number of amides is 1. The number of hydrogen-bond acceptors (Lipinski definition) is 4. The van der Waals surface area contributed by atoms with Gasteiger partial charge in [0.25, 0.3) is 5.91 Å². The Morgan fingerprint density at radius 2 is 1.93 bits per heavy atom. The van der Waals surface area contributed by atoms with E-state index in [9.17, 15) is 4.79 Å². The minimum absolute atomic E-state index is 0.134.